The summed E-state index contributed by atoms with van der Waals surface area (Å²) in [5, 5.41) is 30.3. The highest BCUT2D eigenvalue weighted by molar-refractivity contribution is 7.10. The van der Waals surface area contributed by atoms with Gasteiger partial charge in [-0.15, -0.1) is 0 Å². The van der Waals surface area contributed by atoms with Crippen LogP contribution in [-0.2, 0) is 23.9 Å². The molecule has 1 amide bonds. The second kappa shape index (κ2) is 13.2. The first-order valence-electron chi connectivity index (χ1n) is 14.5. The van der Waals surface area contributed by atoms with Crippen molar-refractivity contribution in [2.45, 2.75) is 51.6 Å². The van der Waals surface area contributed by atoms with Crippen LogP contribution in [-0.4, -0.2) is 81.3 Å². The van der Waals surface area contributed by atoms with Crippen molar-refractivity contribution >= 4 is 40.8 Å². The number of hydrogen-bond acceptors (Lipinski definition) is 9. The van der Waals surface area contributed by atoms with Gasteiger partial charge < -0.3 is 19.8 Å². The number of amides is 1. The van der Waals surface area contributed by atoms with Crippen molar-refractivity contribution in [2.75, 3.05) is 32.8 Å². The summed E-state index contributed by atoms with van der Waals surface area (Å²) in [6.07, 6.45) is -3.94. The van der Waals surface area contributed by atoms with E-state index in [4.69, 9.17) is 16.3 Å². The van der Waals surface area contributed by atoms with Crippen molar-refractivity contribution in [3.8, 4) is 5.88 Å². The Morgan fingerprint density at radius 3 is 2.59 bits per heavy atom. The Kier molecular flexibility index (Phi) is 9.64. The first-order valence-corrected chi connectivity index (χ1v) is 15.7. The standard InChI is InChI=1S/C31H33ClF3N5O5S/c1-30(2,3)45-28(43)39-10-8-38(16-22(39)17-41)9-11-40-27(42)26(46-29(40)44)23(18-5-7-25-20(12-18)15-36-37-25)13-19-4-6-21(32)14-24(19)31(33,34)35/h4-7,12,14-15,22,41-42H,8-11,13,16-17H2,1-3H3/t22-/m1/s1. The second-order valence-electron chi connectivity index (χ2n) is 12.1. The number of fused-ring (bicyclic) bond motifs is 1. The molecule has 3 aromatic rings. The van der Waals surface area contributed by atoms with Crippen LogP contribution >= 0.6 is 22.9 Å². The number of hydrogen-bond donors (Lipinski definition) is 2. The molecule has 0 bridgehead atoms. The zero-order valence-corrected chi connectivity index (χ0v) is 26.9. The van der Waals surface area contributed by atoms with Crippen LogP contribution < -0.4 is 15.4 Å². The van der Waals surface area contributed by atoms with Crippen LogP contribution in [0, 0.1) is 0 Å². The molecule has 1 aromatic heterocycles. The molecular weight excluding hydrogens is 647 g/mol. The van der Waals surface area contributed by atoms with Crippen molar-refractivity contribution in [2.24, 2.45) is 10.2 Å². The largest absolute Gasteiger partial charge is 0.493 e. The first-order chi connectivity index (χ1) is 21.6. The fraction of sp³-hybridized carbons (Fsp3) is 0.419. The number of aromatic hydroxyl groups is 1. The normalized spacial score (nSPS) is 17.6. The van der Waals surface area contributed by atoms with Gasteiger partial charge >= 0.3 is 17.1 Å². The summed E-state index contributed by atoms with van der Waals surface area (Å²) in [4.78, 5) is 29.0. The molecule has 0 spiro atoms. The van der Waals surface area contributed by atoms with Gasteiger partial charge in [0.2, 0.25) is 5.88 Å². The summed E-state index contributed by atoms with van der Waals surface area (Å²) in [5.74, 6) is -0.363. The van der Waals surface area contributed by atoms with E-state index in [0.717, 1.165) is 17.4 Å². The molecule has 0 unspecified atom stereocenters. The van der Waals surface area contributed by atoms with E-state index in [-0.39, 0.29) is 40.9 Å². The minimum atomic E-state index is -4.68. The van der Waals surface area contributed by atoms with Gasteiger partial charge in [0.05, 0.1) is 34.7 Å². The van der Waals surface area contributed by atoms with Crippen LogP contribution in [0.1, 0.15) is 42.3 Å². The van der Waals surface area contributed by atoms with Crippen molar-refractivity contribution in [3.05, 3.63) is 83.2 Å². The van der Waals surface area contributed by atoms with Crippen LogP contribution in [0.15, 0.2) is 51.4 Å². The van der Waals surface area contributed by atoms with E-state index in [1.165, 1.54) is 27.8 Å². The number of piperazine rings is 1. The monoisotopic (exact) mass is 679 g/mol. The fourth-order valence-electron chi connectivity index (χ4n) is 5.43. The summed E-state index contributed by atoms with van der Waals surface area (Å²) in [5.41, 5.74) is -0.705. The molecule has 2 aromatic carbocycles. The lowest BCUT2D eigenvalue weighted by molar-refractivity contribution is -0.138. The van der Waals surface area contributed by atoms with Gasteiger partial charge in [-0.3, -0.25) is 14.3 Å². The van der Waals surface area contributed by atoms with Crippen LogP contribution in [0.2, 0.25) is 5.02 Å². The quantitative estimate of drug-likeness (QED) is 0.394. The molecular formula is C31H33ClF3N5O5S. The number of benzene rings is 2. The number of aliphatic hydroxyl groups excluding tert-OH is 1. The third kappa shape index (κ3) is 7.46. The highest BCUT2D eigenvalue weighted by Crippen LogP contribution is 2.37. The van der Waals surface area contributed by atoms with Gasteiger partial charge in [0, 0.05) is 49.7 Å². The molecule has 15 heteroatoms. The molecule has 3 heterocycles. The smallest absolute Gasteiger partial charge is 0.416 e. The maximum absolute atomic E-state index is 14.0. The number of nitrogens with zero attached hydrogens (tertiary/aromatic N) is 5. The van der Waals surface area contributed by atoms with Crippen molar-refractivity contribution < 1.29 is 32.9 Å². The number of ether oxygens (including phenoxy) is 1. The molecule has 1 saturated heterocycles. The lowest BCUT2D eigenvalue weighted by Gasteiger charge is -2.41. The van der Waals surface area contributed by atoms with Gasteiger partial charge in [-0.1, -0.05) is 35.1 Å². The molecule has 2 aliphatic heterocycles. The van der Waals surface area contributed by atoms with Gasteiger partial charge in [0.1, 0.15) is 5.60 Å². The molecule has 0 radical (unpaired) electrons. The number of halogens is 4. The first kappa shape index (κ1) is 33.6. The Bertz CT molecular complexity index is 1850. The maximum atomic E-state index is 14.0. The van der Waals surface area contributed by atoms with Crippen LogP contribution in [0.25, 0.3) is 5.57 Å². The number of carbonyl (C=O) groups is 1. The highest BCUT2D eigenvalue weighted by Gasteiger charge is 2.35. The SMILES string of the molecule is CC(C)(C)OC(=O)N1CCN(CCn2c(O)c(C(Cc3ccc(Cl)cc3C(F)(F)F)=c3ccc4c(c3)C=NN=4)sc2=O)C[C@@H]1CO. The minimum absolute atomic E-state index is 0.0676. The highest BCUT2D eigenvalue weighted by atomic mass is 35.5. The van der Waals surface area contributed by atoms with Crippen LogP contribution in [0.3, 0.4) is 0 Å². The summed E-state index contributed by atoms with van der Waals surface area (Å²) in [6.45, 7) is 6.43. The second-order valence-corrected chi connectivity index (χ2v) is 13.5. The fourth-order valence-corrected chi connectivity index (χ4v) is 6.58. The van der Waals surface area contributed by atoms with Gasteiger partial charge in [-0.25, -0.2) is 4.79 Å². The van der Waals surface area contributed by atoms with E-state index >= 15 is 0 Å². The van der Waals surface area contributed by atoms with E-state index < -0.39 is 34.3 Å². The third-order valence-corrected chi connectivity index (χ3v) is 8.93. The topological polar surface area (TPSA) is 120 Å². The average molecular weight is 680 g/mol. The number of rotatable bonds is 7. The molecule has 246 valence electrons. The van der Waals surface area contributed by atoms with Gasteiger partial charge in [0.25, 0.3) is 0 Å². The van der Waals surface area contributed by atoms with E-state index in [2.05, 4.69) is 10.2 Å². The molecule has 46 heavy (non-hydrogen) atoms. The van der Waals surface area contributed by atoms with Crippen molar-refractivity contribution in [1.82, 2.24) is 14.4 Å². The molecule has 0 saturated carbocycles. The predicted molar refractivity (Wildman–Crippen MR) is 168 cm³/mol. The zero-order chi connectivity index (χ0) is 33.4. The Morgan fingerprint density at radius 2 is 1.89 bits per heavy atom. The average Bonchev–Trinajstić information content (AvgIpc) is 3.56. The van der Waals surface area contributed by atoms with Crippen LogP contribution in [0.4, 0.5) is 18.0 Å². The van der Waals surface area contributed by atoms with E-state index in [9.17, 15) is 33.0 Å². The predicted octanol–water partition coefficient (Wildman–Crippen LogP) is 3.61. The lowest BCUT2D eigenvalue weighted by Crippen LogP contribution is -2.57. The minimum Gasteiger partial charge on any atom is -0.493 e. The third-order valence-electron chi connectivity index (χ3n) is 7.67. The molecule has 1 atom stereocenters. The number of alkyl halides is 3. The Labute approximate surface area is 271 Å². The molecule has 5 rings (SSSR count). The van der Waals surface area contributed by atoms with Crippen molar-refractivity contribution in [3.63, 3.8) is 0 Å². The number of aliphatic hydroxyl groups is 1. The summed E-state index contributed by atoms with van der Waals surface area (Å²) < 4.78 is 48.8. The summed E-state index contributed by atoms with van der Waals surface area (Å²) in [6, 6.07) is 8.05. The number of thiazole rings is 1. The number of carbonyl (C=O) groups excluding carboxylic acids is 1. The molecule has 10 nitrogen and oxygen atoms in total. The van der Waals surface area contributed by atoms with E-state index in [1.807, 2.05) is 4.90 Å². The van der Waals surface area contributed by atoms with E-state index in [0.29, 0.717) is 47.9 Å². The zero-order valence-electron chi connectivity index (χ0n) is 25.3. The van der Waals surface area contributed by atoms with Gasteiger partial charge in [-0.2, -0.15) is 23.4 Å². The summed E-state index contributed by atoms with van der Waals surface area (Å²) >= 11 is 6.66. The van der Waals surface area contributed by atoms with E-state index in [1.54, 1.807) is 39.0 Å². The lowest BCUT2D eigenvalue weighted by atomic mass is 9.96. The van der Waals surface area contributed by atoms with Gasteiger partial charge in [-0.05, 0) is 61.4 Å². The van der Waals surface area contributed by atoms with Crippen LogP contribution in [0.5, 0.6) is 5.88 Å². The Morgan fingerprint density at radius 1 is 1.13 bits per heavy atom. The molecule has 2 N–H and O–H groups in total. The maximum Gasteiger partial charge on any atom is 0.416 e. The van der Waals surface area contributed by atoms with Crippen molar-refractivity contribution in [1.29, 1.82) is 0 Å². The number of aromatic nitrogens is 1. The molecule has 2 aliphatic rings. The Hall–Kier alpha value is -3.72. The van der Waals surface area contributed by atoms with Gasteiger partial charge in [0.15, 0.2) is 0 Å². The molecule has 0 aliphatic carbocycles. The summed E-state index contributed by atoms with van der Waals surface area (Å²) in [7, 11) is 0. The Balaban J connectivity index is 1.44. The molecule has 1 fully saturated rings.